The minimum atomic E-state index is -1.45. The number of amides is 1. The molecule has 0 spiro atoms. The molecule has 0 saturated carbocycles. The fourth-order valence-corrected chi connectivity index (χ4v) is 0.926. The number of carboxylic acid groups (broad SMARTS) is 1. The SMILES string of the molecule is Cc1ccc(NC(=O)C(C)(C)C(=O)O)cn1. The summed E-state index contributed by atoms with van der Waals surface area (Å²) >= 11 is 0. The van der Waals surface area contributed by atoms with Gasteiger partial charge in [-0.1, -0.05) is 0 Å². The van der Waals surface area contributed by atoms with Crippen LogP contribution >= 0.6 is 0 Å². The Morgan fingerprint density at radius 2 is 2.00 bits per heavy atom. The molecule has 2 N–H and O–H groups in total. The first kappa shape index (κ1) is 12.2. The number of carbonyl (C=O) groups is 2. The number of hydrogen-bond acceptors (Lipinski definition) is 3. The van der Waals surface area contributed by atoms with E-state index in [9.17, 15) is 9.59 Å². The van der Waals surface area contributed by atoms with Gasteiger partial charge in [0, 0.05) is 5.69 Å². The lowest BCUT2D eigenvalue weighted by molar-refractivity contribution is -0.151. The normalized spacial score (nSPS) is 10.9. The van der Waals surface area contributed by atoms with Crippen LogP contribution in [0.25, 0.3) is 0 Å². The van der Waals surface area contributed by atoms with E-state index in [2.05, 4.69) is 10.3 Å². The van der Waals surface area contributed by atoms with Crippen molar-refractivity contribution in [2.24, 2.45) is 5.41 Å². The first-order chi connectivity index (χ1) is 7.34. The van der Waals surface area contributed by atoms with E-state index >= 15 is 0 Å². The number of rotatable bonds is 3. The van der Waals surface area contributed by atoms with Gasteiger partial charge in [-0.15, -0.1) is 0 Å². The van der Waals surface area contributed by atoms with Gasteiger partial charge in [-0.2, -0.15) is 0 Å². The first-order valence-electron chi connectivity index (χ1n) is 4.81. The third kappa shape index (κ3) is 2.56. The van der Waals surface area contributed by atoms with E-state index < -0.39 is 17.3 Å². The van der Waals surface area contributed by atoms with Gasteiger partial charge < -0.3 is 10.4 Å². The second-order valence-corrected chi connectivity index (χ2v) is 4.07. The zero-order valence-corrected chi connectivity index (χ0v) is 9.44. The summed E-state index contributed by atoms with van der Waals surface area (Å²) in [6.07, 6.45) is 1.49. The molecular formula is C11H14N2O3. The third-order valence-corrected chi connectivity index (χ3v) is 2.27. The molecule has 1 heterocycles. The van der Waals surface area contributed by atoms with Crippen molar-refractivity contribution in [2.45, 2.75) is 20.8 Å². The predicted octanol–water partition coefficient (Wildman–Crippen LogP) is 1.44. The van der Waals surface area contributed by atoms with E-state index in [1.54, 1.807) is 12.1 Å². The number of carbonyl (C=O) groups excluding carboxylic acids is 1. The summed E-state index contributed by atoms with van der Waals surface area (Å²) in [6, 6.07) is 3.42. The van der Waals surface area contributed by atoms with Crippen molar-refractivity contribution in [3.8, 4) is 0 Å². The highest BCUT2D eigenvalue weighted by molar-refractivity contribution is 6.07. The van der Waals surface area contributed by atoms with Crippen LogP contribution in [0.4, 0.5) is 5.69 Å². The molecule has 5 heteroatoms. The van der Waals surface area contributed by atoms with E-state index in [1.165, 1.54) is 20.0 Å². The lowest BCUT2D eigenvalue weighted by Gasteiger charge is -2.18. The molecule has 1 aromatic rings. The van der Waals surface area contributed by atoms with E-state index in [0.717, 1.165) is 5.69 Å². The summed E-state index contributed by atoms with van der Waals surface area (Å²) in [5.41, 5.74) is -0.134. The highest BCUT2D eigenvalue weighted by Gasteiger charge is 2.35. The van der Waals surface area contributed by atoms with Crippen LogP contribution in [0.15, 0.2) is 18.3 Å². The predicted molar refractivity (Wildman–Crippen MR) is 59.0 cm³/mol. The Kier molecular flexibility index (Phi) is 3.27. The zero-order valence-electron chi connectivity index (χ0n) is 9.44. The number of nitrogens with one attached hydrogen (secondary N) is 1. The number of hydrogen-bond donors (Lipinski definition) is 2. The summed E-state index contributed by atoms with van der Waals surface area (Å²) < 4.78 is 0. The number of nitrogens with zero attached hydrogens (tertiary/aromatic N) is 1. The van der Waals surface area contributed by atoms with Crippen LogP contribution in [0.5, 0.6) is 0 Å². The number of aromatic nitrogens is 1. The second-order valence-electron chi connectivity index (χ2n) is 4.07. The van der Waals surface area contributed by atoms with Crippen LogP contribution in [-0.4, -0.2) is 22.0 Å². The quantitative estimate of drug-likeness (QED) is 0.758. The van der Waals surface area contributed by atoms with E-state index in [0.29, 0.717) is 5.69 Å². The van der Waals surface area contributed by atoms with Gasteiger partial charge in [0.1, 0.15) is 5.41 Å². The topological polar surface area (TPSA) is 79.3 Å². The lowest BCUT2D eigenvalue weighted by Crippen LogP contribution is -2.37. The number of aryl methyl sites for hydroxylation is 1. The summed E-state index contributed by atoms with van der Waals surface area (Å²) in [4.78, 5) is 26.5. The van der Waals surface area contributed by atoms with Crippen molar-refractivity contribution >= 4 is 17.6 Å². The van der Waals surface area contributed by atoms with Gasteiger partial charge in [-0.25, -0.2) is 0 Å². The van der Waals surface area contributed by atoms with Crippen LogP contribution in [0, 0.1) is 12.3 Å². The van der Waals surface area contributed by atoms with Gasteiger partial charge in [0.05, 0.1) is 11.9 Å². The average Bonchev–Trinajstić information content (AvgIpc) is 2.21. The highest BCUT2D eigenvalue weighted by atomic mass is 16.4. The van der Waals surface area contributed by atoms with Crippen LogP contribution < -0.4 is 5.32 Å². The minimum Gasteiger partial charge on any atom is -0.480 e. The highest BCUT2D eigenvalue weighted by Crippen LogP contribution is 2.18. The maximum Gasteiger partial charge on any atom is 0.318 e. The first-order valence-corrected chi connectivity index (χ1v) is 4.81. The second kappa shape index (κ2) is 4.30. The molecule has 0 aliphatic carbocycles. The van der Waals surface area contributed by atoms with Gasteiger partial charge in [0.15, 0.2) is 0 Å². The Labute approximate surface area is 93.5 Å². The molecule has 5 nitrogen and oxygen atoms in total. The molecule has 0 fully saturated rings. The molecule has 0 aliphatic rings. The van der Waals surface area contributed by atoms with Crippen molar-refractivity contribution < 1.29 is 14.7 Å². The summed E-state index contributed by atoms with van der Waals surface area (Å²) in [5, 5.41) is 11.4. The molecule has 1 amide bonds. The van der Waals surface area contributed by atoms with E-state index in [4.69, 9.17) is 5.11 Å². The van der Waals surface area contributed by atoms with Crippen LogP contribution in [0.3, 0.4) is 0 Å². The Hall–Kier alpha value is -1.91. The summed E-state index contributed by atoms with van der Waals surface area (Å²) in [6.45, 7) is 4.53. The molecule has 0 radical (unpaired) electrons. The van der Waals surface area contributed by atoms with E-state index in [-0.39, 0.29) is 0 Å². The van der Waals surface area contributed by atoms with Crippen LogP contribution in [0.1, 0.15) is 19.5 Å². The van der Waals surface area contributed by atoms with Crippen molar-refractivity contribution in [3.63, 3.8) is 0 Å². The number of anilines is 1. The van der Waals surface area contributed by atoms with Gasteiger partial charge in [0.2, 0.25) is 5.91 Å². The van der Waals surface area contributed by atoms with Gasteiger partial charge in [0.25, 0.3) is 0 Å². The zero-order chi connectivity index (χ0) is 12.3. The standard InChI is InChI=1S/C11H14N2O3/c1-7-4-5-8(6-12-7)13-9(14)11(2,3)10(15)16/h4-6H,1-3H3,(H,13,14)(H,15,16). The summed E-state index contributed by atoms with van der Waals surface area (Å²) in [5.74, 6) is -1.73. The smallest absolute Gasteiger partial charge is 0.318 e. The average molecular weight is 222 g/mol. The Balaban J connectivity index is 2.79. The van der Waals surface area contributed by atoms with Crippen molar-refractivity contribution in [3.05, 3.63) is 24.0 Å². The molecule has 0 atom stereocenters. The van der Waals surface area contributed by atoms with Crippen LogP contribution in [0.2, 0.25) is 0 Å². The van der Waals surface area contributed by atoms with Crippen molar-refractivity contribution in [2.75, 3.05) is 5.32 Å². The molecule has 0 saturated heterocycles. The lowest BCUT2D eigenvalue weighted by atomic mass is 9.92. The molecule has 16 heavy (non-hydrogen) atoms. The maximum absolute atomic E-state index is 11.6. The monoisotopic (exact) mass is 222 g/mol. The number of carboxylic acids is 1. The largest absolute Gasteiger partial charge is 0.480 e. The fraction of sp³-hybridized carbons (Fsp3) is 0.364. The molecule has 86 valence electrons. The van der Waals surface area contributed by atoms with E-state index in [1.807, 2.05) is 6.92 Å². The third-order valence-electron chi connectivity index (χ3n) is 2.27. The molecule has 0 aliphatic heterocycles. The van der Waals surface area contributed by atoms with Crippen molar-refractivity contribution in [1.82, 2.24) is 4.98 Å². The minimum absolute atomic E-state index is 0.491. The number of pyridine rings is 1. The Morgan fingerprint density at radius 3 is 2.44 bits per heavy atom. The summed E-state index contributed by atoms with van der Waals surface area (Å²) in [7, 11) is 0. The molecular weight excluding hydrogens is 208 g/mol. The van der Waals surface area contributed by atoms with Gasteiger partial charge in [-0.05, 0) is 32.9 Å². The molecule has 1 rings (SSSR count). The van der Waals surface area contributed by atoms with Crippen LogP contribution in [-0.2, 0) is 9.59 Å². The van der Waals surface area contributed by atoms with Gasteiger partial charge >= 0.3 is 5.97 Å². The Morgan fingerprint density at radius 1 is 1.38 bits per heavy atom. The molecule has 0 unspecified atom stereocenters. The fourth-order valence-electron chi connectivity index (χ4n) is 0.926. The van der Waals surface area contributed by atoms with Crippen molar-refractivity contribution in [1.29, 1.82) is 0 Å². The maximum atomic E-state index is 11.6. The molecule has 0 aromatic carbocycles. The molecule has 1 aromatic heterocycles. The molecule has 0 bridgehead atoms. The number of aliphatic carboxylic acids is 1. The van der Waals surface area contributed by atoms with Gasteiger partial charge in [-0.3, -0.25) is 14.6 Å². The Bertz CT molecular complexity index is 410.